The Kier molecular flexibility index (Phi) is 4.52. The van der Waals surface area contributed by atoms with Gasteiger partial charge in [-0.15, -0.1) is 0 Å². The average Bonchev–Trinajstić information content (AvgIpc) is 2.36. The first-order valence-electron chi connectivity index (χ1n) is 5.91. The number of carbonyl (C=O) groups excluding carboxylic acids is 1. The maximum Gasteiger partial charge on any atom is 0.335 e. The number of hydrogen-bond acceptors (Lipinski definition) is 7. The Morgan fingerprint density at radius 1 is 1.18 bits per heavy atom. The number of sulfonamides is 1. The fourth-order valence-electron chi connectivity index (χ4n) is 1.54. The Hall–Kier alpha value is -2.33. The fourth-order valence-corrected chi connectivity index (χ4v) is 2.88. The number of carbonyl (C=O) groups is 1. The van der Waals surface area contributed by atoms with Gasteiger partial charge in [-0.25, -0.2) is 19.5 Å². The maximum atomic E-state index is 12.0. The molecule has 2 rings (SSSR count). The van der Waals surface area contributed by atoms with E-state index in [9.17, 15) is 13.2 Å². The zero-order valence-electron chi connectivity index (χ0n) is 11.5. The number of urea groups is 1. The topological polar surface area (TPSA) is 127 Å². The van der Waals surface area contributed by atoms with Crippen molar-refractivity contribution in [1.29, 1.82) is 0 Å². The average molecular weight is 343 g/mol. The van der Waals surface area contributed by atoms with E-state index in [4.69, 9.17) is 11.6 Å². The molecule has 116 valence electrons. The van der Waals surface area contributed by atoms with Crippen LogP contribution >= 0.6 is 11.6 Å². The summed E-state index contributed by atoms with van der Waals surface area (Å²) in [5, 5.41) is 1.66. The van der Waals surface area contributed by atoms with Crippen LogP contribution in [0.2, 0.25) is 5.02 Å². The van der Waals surface area contributed by atoms with Crippen molar-refractivity contribution in [3.63, 3.8) is 0 Å². The second-order valence-electron chi connectivity index (χ2n) is 4.10. The minimum absolute atomic E-state index is 0.0650. The van der Waals surface area contributed by atoms with E-state index in [2.05, 4.69) is 25.3 Å². The largest absolute Gasteiger partial charge is 0.335 e. The van der Waals surface area contributed by atoms with Crippen LogP contribution in [0, 0.1) is 13.8 Å². The third-order valence-corrected chi connectivity index (χ3v) is 4.00. The van der Waals surface area contributed by atoms with Gasteiger partial charge in [-0.2, -0.15) is 18.4 Å². The van der Waals surface area contributed by atoms with E-state index in [1.807, 2.05) is 0 Å². The van der Waals surface area contributed by atoms with Gasteiger partial charge in [0.1, 0.15) is 11.6 Å². The second kappa shape index (κ2) is 6.20. The number of amides is 2. The minimum atomic E-state index is -4.21. The first kappa shape index (κ1) is 16.0. The minimum Gasteiger partial charge on any atom is -0.275 e. The summed E-state index contributed by atoms with van der Waals surface area (Å²) in [6, 6.07) is 1.78. The third-order valence-electron chi connectivity index (χ3n) is 2.29. The van der Waals surface area contributed by atoms with E-state index in [1.165, 1.54) is 18.3 Å². The molecule has 9 nitrogen and oxygen atoms in total. The number of pyridine rings is 1. The van der Waals surface area contributed by atoms with Crippen molar-refractivity contribution in [2.24, 2.45) is 0 Å². The summed E-state index contributed by atoms with van der Waals surface area (Å²) in [7, 11) is -4.21. The molecule has 0 fully saturated rings. The molecule has 0 radical (unpaired) electrons. The van der Waals surface area contributed by atoms with Gasteiger partial charge in [-0.05, 0) is 26.0 Å². The molecule has 11 heteroatoms. The van der Waals surface area contributed by atoms with E-state index in [-0.39, 0.29) is 11.0 Å². The molecule has 0 aliphatic heterocycles. The van der Waals surface area contributed by atoms with Crippen molar-refractivity contribution >= 4 is 33.6 Å². The Morgan fingerprint density at radius 2 is 1.82 bits per heavy atom. The highest BCUT2D eigenvalue weighted by Crippen LogP contribution is 2.17. The van der Waals surface area contributed by atoms with Gasteiger partial charge in [0.15, 0.2) is 5.03 Å². The number of halogens is 1. The monoisotopic (exact) mass is 342 g/mol. The number of hydrogen-bond donors (Lipinski definition) is 2. The molecular formula is C11H11ClN6O3S. The van der Waals surface area contributed by atoms with Crippen LogP contribution in [0.1, 0.15) is 11.6 Å². The molecule has 0 aromatic carbocycles. The smallest absolute Gasteiger partial charge is 0.275 e. The number of aromatic nitrogens is 4. The molecule has 2 heterocycles. The summed E-state index contributed by atoms with van der Waals surface area (Å²) >= 11 is 5.75. The van der Waals surface area contributed by atoms with Gasteiger partial charge in [0, 0.05) is 6.20 Å². The molecule has 0 unspecified atom stereocenters. The van der Waals surface area contributed by atoms with Crippen molar-refractivity contribution in [1.82, 2.24) is 24.7 Å². The van der Waals surface area contributed by atoms with Crippen LogP contribution in [0.15, 0.2) is 23.4 Å². The quantitative estimate of drug-likeness (QED) is 0.853. The highest BCUT2D eigenvalue weighted by atomic mass is 35.5. The van der Waals surface area contributed by atoms with E-state index in [1.54, 1.807) is 18.6 Å². The molecule has 0 aliphatic carbocycles. The van der Waals surface area contributed by atoms with Crippen LogP contribution < -0.4 is 10.0 Å². The van der Waals surface area contributed by atoms with Gasteiger partial charge in [0.25, 0.3) is 10.0 Å². The van der Waals surface area contributed by atoms with Gasteiger partial charge >= 0.3 is 6.03 Å². The number of aryl methyl sites for hydroxylation is 2. The Bertz CT molecular complexity index is 806. The van der Waals surface area contributed by atoms with Crippen molar-refractivity contribution in [3.8, 4) is 0 Å². The van der Waals surface area contributed by atoms with Crippen LogP contribution in [-0.2, 0) is 10.0 Å². The first-order valence-corrected chi connectivity index (χ1v) is 7.77. The van der Waals surface area contributed by atoms with Crippen LogP contribution in [0.3, 0.4) is 0 Å². The summed E-state index contributed by atoms with van der Waals surface area (Å²) in [4.78, 5) is 27.1. The zero-order valence-corrected chi connectivity index (χ0v) is 13.1. The number of rotatable bonds is 3. The lowest BCUT2D eigenvalue weighted by molar-refractivity contribution is 0.256. The molecule has 22 heavy (non-hydrogen) atoms. The third kappa shape index (κ3) is 3.86. The highest BCUT2D eigenvalue weighted by Gasteiger charge is 2.22. The van der Waals surface area contributed by atoms with Crippen LogP contribution in [0.4, 0.5) is 10.7 Å². The molecule has 2 amide bonds. The van der Waals surface area contributed by atoms with E-state index >= 15 is 0 Å². The first-order chi connectivity index (χ1) is 10.3. The summed E-state index contributed by atoms with van der Waals surface area (Å²) in [5.41, 5.74) is 0. The number of nitrogens with zero attached hydrogens (tertiary/aromatic N) is 4. The lowest BCUT2D eigenvalue weighted by atomic mass is 10.5. The highest BCUT2D eigenvalue weighted by molar-refractivity contribution is 7.90. The Balaban J connectivity index is 2.16. The van der Waals surface area contributed by atoms with Crippen molar-refractivity contribution in [2.45, 2.75) is 18.9 Å². The van der Waals surface area contributed by atoms with Crippen LogP contribution in [0.25, 0.3) is 0 Å². The molecule has 2 N–H and O–H groups in total. The Labute approximate surface area is 131 Å². The summed E-state index contributed by atoms with van der Waals surface area (Å²) < 4.78 is 25.8. The standard InChI is InChI=1S/C11H11ClN6O3S/c1-6-14-7(2)16-10(15-6)17-11(19)18-22(20,21)9-8(12)4-3-5-13-9/h3-5H,1-2H3,(H2,14,15,16,17,18,19). The van der Waals surface area contributed by atoms with Crippen LogP contribution in [-0.4, -0.2) is 34.4 Å². The molecule has 2 aromatic heterocycles. The fraction of sp³-hybridized carbons (Fsp3) is 0.182. The summed E-state index contributed by atoms with van der Waals surface area (Å²) in [5.74, 6) is 0.710. The van der Waals surface area contributed by atoms with E-state index in [0.717, 1.165) is 0 Å². The van der Waals surface area contributed by atoms with E-state index < -0.39 is 21.1 Å². The SMILES string of the molecule is Cc1nc(C)nc(NC(=O)NS(=O)(=O)c2ncccc2Cl)n1. The maximum absolute atomic E-state index is 12.0. The molecule has 0 atom stereocenters. The van der Waals surface area contributed by atoms with Gasteiger partial charge in [-0.3, -0.25) is 5.32 Å². The molecular weight excluding hydrogens is 332 g/mol. The van der Waals surface area contributed by atoms with E-state index in [0.29, 0.717) is 11.6 Å². The van der Waals surface area contributed by atoms with Gasteiger partial charge in [0.05, 0.1) is 5.02 Å². The molecule has 2 aromatic rings. The van der Waals surface area contributed by atoms with Gasteiger partial charge in [0.2, 0.25) is 5.95 Å². The van der Waals surface area contributed by atoms with Crippen molar-refractivity contribution < 1.29 is 13.2 Å². The molecule has 0 spiro atoms. The number of nitrogens with one attached hydrogen (secondary N) is 2. The predicted octanol–water partition coefficient (Wildman–Crippen LogP) is 1.05. The Morgan fingerprint density at radius 3 is 2.41 bits per heavy atom. The van der Waals surface area contributed by atoms with Gasteiger partial charge < -0.3 is 0 Å². The summed E-state index contributed by atoms with van der Waals surface area (Å²) in [6.07, 6.45) is 1.25. The lowest BCUT2D eigenvalue weighted by Crippen LogP contribution is -2.35. The molecule has 0 saturated carbocycles. The molecule has 0 saturated heterocycles. The predicted molar refractivity (Wildman–Crippen MR) is 77.9 cm³/mol. The van der Waals surface area contributed by atoms with Crippen molar-refractivity contribution in [3.05, 3.63) is 35.0 Å². The van der Waals surface area contributed by atoms with Crippen molar-refractivity contribution in [2.75, 3.05) is 5.32 Å². The van der Waals surface area contributed by atoms with Gasteiger partial charge in [-0.1, -0.05) is 11.6 Å². The molecule has 0 bridgehead atoms. The lowest BCUT2D eigenvalue weighted by Gasteiger charge is -2.08. The number of anilines is 1. The second-order valence-corrected chi connectivity index (χ2v) is 6.11. The summed E-state index contributed by atoms with van der Waals surface area (Å²) in [6.45, 7) is 3.23. The molecule has 0 aliphatic rings. The normalized spacial score (nSPS) is 11.0. The zero-order chi connectivity index (χ0) is 16.3. The van der Waals surface area contributed by atoms with Crippen LogP contribution in [0.5, 0.6) is 0 Å².